The van der Waals surface area contributed by atoms with E-state index in [1.807, 2.05) is 12.3 Å². The first-order valence-corrected chi connectivity index (χ1v) is 4.93. The van der Waals surface area contributed by atoms with E-state index >= 15 is 0 Å². The van der Waals surface area contributed by atoms with Gasteiger partial charge in [-0.05, 0) is 6.92 Å². The van der Waals surface area contributed by atoms with Crippen LogP contribution in [0.5, 0.6) is 0 Å². The first kappa shape index (κ1) is 10.9. The number of aryl methyl sites for hydroxylation is 1. The van der Waals surface area contributed by atoms with Gasteiger partial charge in [0.2, 0.25) is 0 Å². The summed E-state index contributed by atoms with van der Waals surface area (Å²) in [5.41, 5.74) is 0.918. The number of ether oxygens (including phenoxy) is 1. The SMILES string of the molecule is COC(CNc1nc(C)cs1)C(=O)O. The van der Waals surface area contributed by atoms with E-state index in [0.717, 1.165) is 5.69 Å². The second-order valence-corrected chi connectivity index (χ2v) is 3.60. The Bertz CT molecular complexity index is 313. The molecular formula is C8H12N2O3S. The van der Waals surface area contributed by atoms with Gasteiger partial charge < -0.3 is 15.2 Å². The topological polar surface area (TPSA) is 71.5 Å². The molecule has 0 amide bonds. The summed E-state index contributed by atoms with van der Waals surface area (Å²) in [7, 11) is 1.37. The number of anilines is 1. The second kappa shape index (κ2) is 4.92. The Kier molecular flexibility index (Phi) is 3.84. The number of rotatable bonds is 5. The van der Waals surface area contributed by atoms with Crippen LogP contribution >= 0.6 is 11.3 Å². The van der Waals surface area contributed by atoms with Crippen molar-refractivity contribution in [3.63, 3.8) is 0 Å². The summed E-state index contributed by atoms with van der Waals surface area (Å²) >= 11 is 1.44. The van der Waals surface area contributed by atoms with Crippen LogP contribution in [-0.4, -0.2) is 35.8 Å². The fourth-order valence-electron chi connectivity index (χ4n) is 0.887. The number of methoxy groups -OCH3 is 1. The van der Waals surface area contributed by atoms with Crippen molar-refractivity contribution in [2.24, 2.45) is 0 Å². The molecule has 1 atom stereocenters. The Labute approximate surface area is 85.7 Å². The van der Waals surface area contributed by atoms with Gasteiger partial charge >= 0.3 is 5.97 Å². The molecule has 5 nitrogen and oxygen atoms in total. The molecule has 0 aliphatic carbocycles. The number of carbonyl (C=O) groups is 1. The molecule has 14 heavy (non-hydrogen) atoms. The monoisotopic (exact) mass is 216 g/mol. The molecule has 1 unspecified atom stereocenters. The lowest BCUT2D eigenvalue weighted by Crippen LogP contribution is -2.30. The van der Waals surface area contributed by atoms with Crippen molar-refractivity contribution in [3.8, 4) is 0 Å². The molecular weight excluding hydrogens is 204 g/mol. The molecule has 0 spiro atoms. The molecule has 2 N–H and O–H groups in total. The number of nitrogens with one attached hydrogen (secondary N) is 1. The lowest BCUT2D eigenvalue weighted by atomic mass is 10.3. The number of hydrogen-bond donors (Lipinski definition) is 2. The third kappa shape index (κ3) is 2.97. The van der Waals surface area contributed by atoms with E-state index < -0.39 is 12.1 Å². The average molecular weight is 216 g/mol. The highest BCUT2D eigenvalue weighted by molar-refractivity contribution is 7.13. The smallest absolute Gasteiger partial charge is 0.334 e. The number of nitrogens with zero attached hydrogens (tertiary/aromatic N) is 1. The summed E-state index contributed by atoms with van der Waals surface area (Å²) < 4.78 is 4.76. The van der Waals surface area contributed by atoms with E-state index in [0.29, 0.717) is 5.13 Å². The van der Waals surface area contributed by atoms with Crippen LogP contribution in [0.1, 0.15) is 5.69 Å². The molecule has 0 aliphatic heterocycles. The van der Waals surface area contributed by atoms with Crippen molar-refractivity contribution in [1.29, 1.82) is 0 Å². The van der Waals surface area contributed by atoms with Crippen LogP contribution in [0.25, 0.3) is 0 Å². The van der Waals surface area contributed by atoms with Crippen LogP contribution in [-0.2, 0) is 9.53 Å². The van der Waals surface area contributed by atoms with Crippen LogP contribution in [0.3, 0.4) is 0 Å². The normalized spacial score (nSPS) is 12.4. The van der Waals surface area contributed by atoms with E-state index in [1.165, 1.54) is 18.4 Å². The molecule has 1 aromatic rings. The quantitative estimate of drug-likeness (QED) is 0.767. The molecule has 1 rings (SSSR count). The maximum atomic E-state index is 10.6. The maximum Gasteiger partial charge on any atom is 0.334 e. The van der Waals surface area contributed by atoms with Gasteiger partial charge in [-0.3, -0.25) is 0 Å². The minimum Gasteiger partial charge on any atom is -0.479 e. The highest BCUT2D eigenvalue weighted by Crippen LogP contribution is 2.14. The summed E-state index contributed by atoms with van der Waals surface area (Å²) in [5, 5.41) is 14.2. The van der Waals surface area contributed by atoms with Gasteiger partial charge in [0.25, 0.3) is 0 Å². The number of thiazole rings is 1. The molecule has 78 valence electrons. The predicted octanol–water partition coefficient (Wildman–Crippen LogP) is 0.963. The first-order chi connectivity index (χ1) is 6.63. The van der Waals surface area contributed by atoms with Gasteiger partial charge in [-0.25, -0.2) is 9.78 Å². The fraction of sp³-hybridized carbons (Fsp3) is 0.500. The number of hydrogen-bond acceptors (Lipinski definition) is 5. The van der Waals surface area contributed by atoms with Crippen LogP contribution < -0.4 is 5.32 Å². The first-order valence-electron chi connectivity index (χ1n) is 4.05. The van der Waals surface area contributed by atoms with Crippen molar-refractivity contribution in [3.05, 3.63) is 11.1 Å². The maximum absolute atomic E-state index is 10.6. The highest BCUT2D eigenvalue weighted by atomic mass is 32.1. The molecule has 0 aliphatic rings. The van der Waals surface area contributed by atoms with Crippen molar-refractivity contribution >= 4 is 22.4 Å². The Morgan fingerprint density at radius 2 is 2.57 bits per heavy atom. The molecule has 0 aromatic carbocycles. The number of aliphatic carboxylic acids is 1. The minimum absolute atomic E-state index is 0.221. The lowest BCUT2D eigenvalue weighted by Gasteiger charge is -2.10. The van der Waals surface area contributed by atoms with E-state index in [9.17, 15) is 4.79 Å². The van der Waals surface area contributed by atoms with E-state index in [4.69, 9.17) is 9.84 Å². The van der Waals surface area contributed by atoms with Gasteiger partial charge in [0.1, 0.15) is 0 Å². The third-order valence-electron chi connectivity index (χ3n) is 1.62. The Hall–Kier alpha value is -1.14. The zero-order valence-electron chi connectivity index (χ0n) is 7.98. The third-order valence-corrected chi connectivity index (χ3v) is 2.54. The summed E-state index contributed by atoms with van der Waals surface area (Å²) in [6.07, 6.45) is -0.834. The number of carboxylic acid groups (broad SMARTS) is 1. The predicted molar refractivity (Wildman–Crippen MR) is 53.8 cm³/mol. The van der Waals surface area contributed by atoms with E-state index in [1.54, 1.807) is 0 Å². The van der Waals surface area contributed by atoms with Gasteiger partial charge in [-0.1, -0.05) is 0 Å². The molecule has 0 bridgehead atoms. The van der Waals surface area contributed by atoms with Crippen molar-refractivity contribution < 1.29 is 14.6 Å². The van der Waals surface area contributed by atoms with Crippen LogP contribution in [0.4, 0.5) is 5.13 Å². The number of aromatic nitrogens is 1. The molecule has 0 radical (unpaired) electrons. The molecule has 1 aromatic heterocycles. The van der Waals surface area contributed by atoms with Crippen molar-refractivity contribution in [2.75, 3.05) is 19.0 Å². The lowest BCUT2D eigenvalue weighted by molar-refractivity contribution is -0.147. The fourth-order valence-corrected chi connectivity index (χ4v) is 1.58. The van der Waals surface area contributed by atoms with Gasteiger partial charge in [0.15, 0.2) is 11.2 Å². The van der Waals surface area contributed by atoms with Gasteiger partial charge in [0, 0.05) is 12.5 Å². The number of carboxylic acids is 1. The largest absolute Gasteiger partial charge is 0.479 e. The summed E-state index contributed by atoms with van der Waals surface area (Å²) in [5.74, 6) is -0.978. The van der Waals surface area contributed by atoms with Gasteiger partial charge in [0.05, 0.1) is 12.2 Å². The van der Waals surface area contributed by atoms with Crippen LogP contribution in [0.2, 0.25) is 0 Å². The standard InChI is InChI=1S/C8H12N2O3S/c1-5-4-14-8(10-5)9-3-6(13-2)7(11)12/h4,6H,3H2,1-2H3,(H,9,10)(H,11,12). The molecule has 0 fully saturated rings. The summed E-state index contributed by atoms with van der Waals surface area (Å²) in [4.78, 5) is 14.7. The van der Waals surface area contributed by atoms with Crippen molar-refractivity contribution in [2.45, 2.75) is 13.0 Å². The van der Waals surface area contributed by atoms with Crippen LogP contribution in [0, 0.1) is 6.92 Å². The Balaban J connectivity index is 2.43. The molecule has 0 saturated carbocycles. The van der Waals surface area contributed by atoms with Crippen molar-refractivity contribution in [1.82, 2.24) is 4.98 Å². The molecule has 1 heterocycles. The molecule has 6 heteroatoms. The van der Waals surface area contributed by atoms with E-state index in [2.05, 4.69) is 10.3 Å². The summed E-state index contributed by atoms with van der Waals surface area (Å²) in [6.45, 7) is 2.10. The van der Waals surface area contributed by atoms with Crippen LogP contribution in [0.15, 0.2) is 5.38 Å². The highest BCUT2D eigenvalue weighted by Gasteiger charge is 2.15. The zero-order valence-corrected chi connectivity index (χ0v) is 8.80. The zero-order chi connectivity index (χ0) is 10.6. The molecule has 0 saturated heterocycles. The Morgan fingerprint density at radius 1 is 1.86 bits per heavy atom. The van der Waals surface area contributed by atoms with Gasteiger partial charge in [-0.2, -0.15) is 0 Å². The Morgan fingerprint density at radius 3 is 3.00 bits per heavy atom. The summed E-state index contributed by atoms with van der Waals surface area (Å²) in [6, 6.07) is 0. The second-order valence-electron chi connectivity index (χ2n) is 2.74. The van der Waals surface area contributed by atoms with E-state index in [-0.39, 0.29) is 6.54 Å². The average Bonchev–Trinajstić information content (AvgIpc) is 2.52. The van der Waals surface area contributed by atoms with Gasteiger partial charge in [-0.15, -0.1) is 11.3 Å². The minimum atomic E-state index is -0.978.